The first-order chi connectivity index (χ1) is 9.47. The Morgan fingerprint density at radius 2 is 2.15 bits per heavy atom. The van der Waals surface area contributed by atoms with Crippen LogP contribution in [0.4, 0.5) is 0 Å². The third-order valence-corrected chi connectivity index (χ3v) is 4.65. The topological polar surface area (TPSA) is 79.3 Å². The molecule has 7 nitrogen and oxygen atoms in total. The second kappa shape index (κ2) is 8.35. The number of nitrogens with one attached hydrogen (secondary N) is 2. The average Bonchev–Trinajstić information content (AvgIpc) is 2.80. The van der Waals surface area contributed by atoms with Crippen LogP contribution in [-0.2, 0) is 23.7 Å². The molecule has 1 aromatic heterocycles. The highest BCUT2D eigenvalue weighted by atomic mass is 32.2. The van der Waals surface area contributed by atoms with E-state index < -0.39 is 10.2 Å². The quantitative estimate of drug-likeness (QED) is 0.583. The maximum atomic E-state index is 12.0. The Kier molecular flexibility index (Phi) is 7.14. The third-order valence-electron chi connectivity index (χ3n) is 3.07. The van der Waals surface area contributed by atoms with Gasteiger partial charge < -0.3 is 5.32 Å². The zero-order chi connectivity index (χ0) is 15.0. The normalized spacial score (nSPS) is 12.2. The van der Waals surface area contributed by atoms with Gasteiger partial charge in [-0.1, -0.05) is 6.92 Å². The largest absolute Gasteiger partial charge is 0.317 e. The SMILES string of the molecule is CCNCCCN(C)S(=O)(=O)NCCc1ccnn1C. The average molecular weight is 303 g/mol. The molecule has 1 aromatic rings. The summed E-state index contributed by atoms with van der Waals surface area (Å²) in [5, 5.41) is 7.22. The van der Waals surface area contributed by atoms with Crippen LogP contribution in [0.1, 0.15) is 19.0 Å². The Balaban J connectivity index is 2.31. The molecule has 116 valence electrons. The maximum Gasteiger partial charge on any atom is 0.279 e. The second-order valence-electron chi connectivity index (χ2n) is 4.62. The minimum Gasteiger partial charge on any atom is -0.317 e. The van der Waals surface area contributed by atoms with Crippen molar-refractivity contribution < 1.29 is 8.42 Å². The van der Waals surface area contributed by atoms with Gasteiger partial charge in [-0.3, -0.25) is 4.68 Å². The van der Waals surface area contributed by atoms with Crippen LogP contribution in [0.3, 0.4) is 0 Å². The van der Waals surface area contributed by atoms with Crippen molar-refractivity contribution in [2.45, 2.75) is 19.8 Å². The second-order valence-corrected chi connectivity index (χ2v) is 6.49. The first-order valence-electron chi connectivity index (χ1n) is 6.86. The van der Waals surface area contributed by atoms with Gasteiger partial charge in [0.25, 0.3) is 10.2 Å². The van der Waals surface area contributed by atoms with E-state index in [2.05, 4.69) is 15.1 Å². The molecule has 1 rings (SSSR count). The number of rotatable bonds is 10. The lowest BCUT2D eigenvalue weighted by atomic mass is 10.3. The van der Waals surface area contributed by atoms with Crippen molar-refractivity contribution in [2.24, 2.45) is 7.05 Å². The minimum absolute atomic E-state index is 0.374. The van der Waals surface area contributed by atoms with Crippen molar-refractivity contribution in [2.75, 3.05) is 33.2 Å². The van der Waals surface area contributed by atoms with Crippen molar-refractivity contribution in [1.82, 2.24) is 24.1 Å². The zero-order valence-electron chi connectivity index (χ0n) is 12.5. The monoisotopic (exact) mass is 303 g/mol. The van der Waals surface area contributed by atoms with E-state index in [1.165, 1.54) is 4.31 Å². The van der Waals surface area contributed by atoms with E-state index >= 15 is 0 Å². The standard InChI is InChI=1S/C12H25N5O2S/c1-4-13-8-5-11-16(2)20(18,19)15-10-7-12-6-9-14-17(12)3/h6,9,13,15H,4-5,7-8,10-11H2,1-3H3. The predicted octanol–water partition coefficient (Wildman–Crippen LogP) is -0.272. The van der Waals surface area contributed by atoms with E-state index in [0.29, 0.717) is 19.5 Å². The van der Waals surface area contributed by atoms with Crippen molar-refractivity contribution in [3.05, 3.63) is 18.0 Å². The fraction of sp³-hybridized carbons (Fsp3) is 0.750. The van der Waals surface area contributed by atoms with Crippen LogP contribution in [0, 0.1) is 0 Å². The fourth-order valence-corrected chi connectivity index (χ4v) is 2.74. The molecule has 0 spiro atoms. The molecule has 0 bridgehead atoms. The van der Waals surface area contributed by atoms with E-state index in [1.807, 2.05) is 20.0 Å². The Morgan fingerprint density at radius 3 is 2.75 bits per heavy atom. The number of hydrogen-bond acceptors (Lipinski definition) is 4. The number of aryl methyl sites for hydroxylation is 1. The smallest absolute Gasteiger partial charge is 0.279 e. The van der Waals surface area contributed by atoms with E-state index in [-0.39, 0.29) is 0 Å². The highest BCUT2D eigenvalue weighted by Crippen LogP contribution is 1.99. The molecule has 0 saturated heterocycles. The van der Waals surface area contributed by atoms with Gasteiger partial charge in [0.1, 0.15) is 0 Å². The molecule has 0 atom stereocenters. The molecule has 0 fully saturated rings. The minimum atomic E-state index is -3.39. The summed E-state index contributed by atoms with van der Waals surface area (Å²) in [5.41, 5.74) is 1.00. The summed E-state index contributed by atoms with van der Waals surface area (Å²) in [5.74, 6) is 0. The number of hydrogen-bond donors (Lipinski definition) is 2. The van der Waals surface area contributed by atoms with Crippen molar-refractivity contribution in [3.8, 4) is 0 Å². The van der Waals surface area contributed by atoms with E-state index in [1.54, 1.807) is 17.9 Å². The lowest BCUT2D eigenvalue weighted by Crippen LogP contribution is -2.40. The molecule has 20 heavy (non-hydrogen) atoms. The van der Waals surface area contributed by atoms with Crippen LogP contribution in [0.15, 0.2) is 12.3 Å². The lowest BCUT2D eigenvalue weighted by Gasteiger charge is -2.17. The first kappa shape index (κ1) is 17.1. The van der Waals surface area contributed by atoms with Crippen molar-refractivity contribution in [3.63, 3.8) is 0 Å². The summed E-state index contributed by atoms with van der Waals surface area (Å²) in [7, 11) is 0.0519. The van der Waals surface area contributed by atoms with Crippen LogP contribution in [-0.4, -0.2) is 55.7 Å². The van der Waals surface area contributed by atoms with E-state index in [4.69, 9.17) is 0 Å². The molecule has 0 aliphatic carbocycles. The van der Waals surface area contributed by atoms with Crippen molar-refractivity contribution >= 4 is 10.2 Å². The first-order valence-corrected chi connectivity index (χ1v) is 8.30. The van der Waals surface area contributed by atoms with Gasteiger partial charge in [0.05, 0.1) is 0 Å². The summed E-state index contributed by atoms with van der Waals surface area (Å²) in [6.07, 6.45) is 3.13. The van der Waals surface area contributed by atoms with Gasteiger partial charge in [0.2, 0.25) is 0 Å². The van der Waals surface area contributed by atoms with Gasteiger partial charge in [-0.15, -0.1) is 0 Å². The third kappa shape index (κ3) is 5.58. The molecule has 0 radical (unpaired) electrons. The highest BCUT2D eigenvalue weighted by Gasteiger charge is 2.16. The van der Waals surface area contributed by atoms with Gasteiger partial charge >= 0.3 is 0 Å². The Morgan fingerprint density at radius 1 is 1.40 bits per heavy atom. The van der Waals surface area contributed by atoms with Gasteiger partial charge in [-0.2, -0.15) is 17.8 Å². The van der Waals surface area contributed by atoms with E-state index in [9.17, 15) is 8.42 Å². The molecule has 0 aliphatic heterocycles. The Hall–Kier alpha value is -0.960. The summed E-state index contributed by atoms with van der Waals surface area (Å²) in [4.78, 5) is 0. The van der Waals surface area contributed by atoms with Crippen LogP contribution in [0.5, 0.6) is 0 Å². The van der Waals surface area contributed by atoms with Gasteiger partial charge in [-0.05, 0) is 25.6 Å². The maximum absolute atomic E-state index is 12.0. The van der Waals surface area contributed by atoms with Crippen LogP contribution in [0.2, 0.25) is 0 Å². The number of aromatic nitrogens is 2. The summed E-state index contributed by atoms with van der Waals surface area (Å²) in [6, 6.07) is 1.88. The van der Waals surface area contributed by atoms with Gasteiger partial charge in [0, 0.05) is 45.5 Å². The molecule has 0 aromatic carbocycles. The lowest BCUT2D eigenvalue weighted by molar-refractivity contribution is 0.445. The predicted molar refractivity (Wildman–Crippen MR) is 79.6 cm³/mol. The molecule has 1 heterocycles. The van der Waals surface area contributed by atoms with Gasteiger partial charge in [-0.25, -0.2) is 4.72 Å². The van der Waals surface area contributed by atoms with Crippen LogP contribution >= 0.6 is 0 Å². The van der Waals surface area contributed by atoms with Crippen LogP contribution in [0.25, 0.3) is 0 Å². The Bertz CT molecular complexity index is 486. The zero-order valence-corrected chi connectivity index (χ0v) is 13.3. The fourth-order valence-electron chi connectivity index (χ4n) is 1.79. The molecule has 0 unspecified atom stereocenters. The van der Waals surface area contributed by atoms with E-state index in [0.717, 1.165) is 25.2 Å². The molecule has 0 amide bonds. The molecular formula is C12H25N5O2S. The Labute approximate surface area is 121 Å². The summed E-state index contributed by atoms with van der Waals surface area (Å²) >= 11 is 0. The molecular weight excluding hydrogens is 278 g/mol. The molecule has 0 aliphatic rings. The summed E-state index contributed by atoms with van der Waals surface area (Å²) in [6.45, 7) is 4.64. The summed E-state index contributed by atoms with van der Waals surface area (Å²) < 4.78 is 29.7. The molecule has 0 saturated carbocycles. The van der Waals surface area contributed by atoms with Crippen molar-refractivity contribution in [1.29, 1.82) is 0 Å². The molecule has 2 N–H and O–H groups in total. The number of nitrogens with zero attached hydrogens (tertiary/aromatic N) is 3. The van der Waals surface area contributed by atoms with Gasteiger partial charge in [0.15, 0.2) is 0 Å². The van der Waals surface area contributed by atoms with Crippen LogP contribution < -0.4 is 10.0 Å². The molecule has 8 heteroatoms. The highest BCUT2D eigenvalue weighted by molar-refractivity contribution is 7.87.